The number of rotatable bonds is 8. The van der Waals surface area contributed by atoms with Gasteiger partial charge in [0.25, 0.3) is 0 Å². The van der Waals surface area contributed by atoms with Gasteiger partial charge < -0.3 is 9.47 Å². The van der Waals surface area contributed by atoms with Crippen LogP contribution < -0.4 is 10.2 Å². The molecule has 3 aromatic carbocycles. The molecule has 0 bridgehead atoms. The maximum Gasteiger partial charge on any atom is 0.337 e. The first-order chi connectivity index (χ1) is 15.0. The lowest BCUT2D eigenvalue weighted by atomic mass is 10.1. The molecule has 1 N–H and O–H groups in total. The lowest BCUT2D eigenvalue weighted by molar-refractivity contribution is -0.120. The molecule has 3 aromatic rings. The van der Waals surface area contributed by atoms with Crippen LogP contribution in [0.15, 0.2) is 77.9 Å². The summed E-state index contributed by atoms with van der Waals surface area (Å²) in [6.07, 6.45) is 1.74. The average molecular weight is 437 g/mol. The molecule has 0 unspecified atom stereocenters. The zero-order chi connectivity index (χ0) is 22.1. The van der Waals surface area contributed by atoms with Crippen molar-refractivity contribution in [2.24, 2.45) is 5.10 Å². The number of hydrazone groups is 1. The molecule has 0 saturated carbocycles. The van der Waals surface area contributed by atoms with Crippen LogP contribution in [0.5, 0.6) is 5.75 Å². The van der Waals surface area contributed by atoms with Crippen LogP contribution in [0.4, 0.5) is 0 Å². The van der Waals surface area contributed by atoms with E-state index in [9.17, 15) is 9.59 Å². The molecule has 6 nitrogen and oxygen atoms in total. The maximum atomic E-state index is 12.1. The van der Waals surface area contributed by atoms with Crippen LogP contribution in [-0.4, -0.2) is 25.2 Å². The summed E-state index contributed by atoms with van der Waals surface area (Å²) >= 11 is 5.85. The molecule has 0 aliphatic carbocycles. The van der Waals surface area contributed by atoms with Gasteiger partial charge >= 0.3 is 5.97 Å². The quantitative estimate of drug-likeness (QED) is 0.322. The van der Waals surface area contributed by atoms with Gasteiger partial charge in [0.1, 0.15) is 12.4 Å². The Balaban J connectivity index is 1.56. The van der Waals surface area contributed by atoms with Crippen LogP contribution in [0, 0.1) is 0 Å². The van der Waals surface area contributed by atoms with Crippen molar-refractivity contribution in [3.8, 4) is 5.75 Å². The molecule has 0 aromatic heterocycles. The molecule has 0 spiro atoms. The number of benzene rings is 3. The fraction of sp³-hybridized carbons (Fsp3) is 0.125. The molecule has 0 fully saturated rings. The molecule has 0 aliphatic rings. The summed E-state index contributed by atoms with van der Waals surface area (Å²) in [5.74, 6) is 0.00467. The van der Waals surface area contributed by atoms with E-state index in [1.807, 2.05) is 24.3 Å². The monoisotopic (exact) mass is 436 g/mol. The van der Waals surface area contributed by atoms with Gasteiger partial charge in [0.2, 0.25) is 5.91 Å². The van der Waals surface area contributed by atoms with E-state index < -0.39 is 0 Å². The van der Waals surface area contributed by atoms with Crippen molar-refractivity contribution >= 4 is 29.7 Å². The van der Waals surface area contributed by atoms with Crippen molar-refractivity contribution < 1.29 is 19.1 Å². The van der Waals surface area contributed by atoms with Gasteiger partial charge in [0.05, 0.1) is 25.3 Å². The Bertz CT molecular complexity index is 1060. The fourth-order valence-corrected chi connectivity index (χ4v) is 2.86. The van der Waals surface area contributed by atoms with Gasteiger partial charge in [-0.2, -0.15) is 5.10 Å². The van der Waals surface area contributed by atoms with Crippen LogP contribution in [-0.2, 0) is 22.6 Å². The highest BCUT2D eigenvalue weighted by atomic mass is 35.5. The van der Waals surface area contributed by atoms with Gasteiger partial charge in [-0.15, -0.1) is 0 Å². The van der Waals surface area contributed by atoms with E-state index in [-0.39, 0.29) is 18.3 Å². The second-order valence-electron chi connectivity index (χ2n) is 6.61. The van der Waals surface area contributed by atoms with Crippen molar-refractivity contribution in [3.05, 3.63) is 100 Å². The minimum Gasteiger partial charge on any atom is -0.488 e. The van der Waals surface area contributed by atoms with Crippen molar-refractivity contribution in [2.45, 2.75) is 13.0 Å². The van der Waals surface area contributed by atoms with E-state index in [1.165, 1.54) is 13.3 Å². The lowest BCUT2D eigenvalue weighted by Crippen LogP contribution is -2.19. The Morgan fingerprint density at radius 3 is 2.35 bits per heavy atom. The number of esters is 1. The lowest BCUT2D eigenvalue weighted by Gasteiger charge is -2.09. The summed E-state index contributed by atoms with van der Waals surface area (Å²) in [5.41, 5.74) is 5.46. The summed E-state index contributed by atoms with van der Waals surface area (Å²) < 4.78 is 10.6. The number of amides is 1. The molecule has 0 aliphatic heterocycles. The molecule has 0 atom stereocenters. The molecule has 1 amide bonds. The predicted octanol–water partition coefficient (Wildman–Crippen LogP) is 4.40. The van der Waals surface area contributed by atoms with Crippen LogP contribution in [0.3, 0.4) is 0 Å². The number of methoxy groups -OCH3 is 1. The molecule has 0 heterocycles. The average Bonchev–Trinajstić information content (AvgIpc) is 2.80. The van der Waals surface area contributed by atoms with Crippen LogP contribution in [0.25, 0.3) is 0 Å². The van der Waals surface area contributed by atoms with Crippen LogP contribution in [0.1, 0.15) is 27.0 Å². The van der Waals surface area contributed by atoms with Crippen LogP contribution >= 0.6 is 11.6 Å². The molecule has 31 heavy (non-hydrogen) atoms. The van der Waals surface area contributed by atoms with Gasteiger partial charge in [-0.3, -0.25) is 4.79 Å². The third-order valence-corrected chi connectivity index (χ3v) is 4.61. The van der Waals surface area contributed by atoms with Gasteiger partial charge in [-0.25, -0.2) is 10.2 Å². The largest absolute Gasteiger partial charge is 0.488 e. The zero-order valence-electron chi connectivity index (χ0n) is 16.9. The Labute approximate surface area is 185 Å². The molecule has 0 radical (unpaired) electrons. The molecule has 0 saturated heterocycles. The van der Waals surface area contributed by atoms with Gasteiger partial charge in [0.15, 0.2) is 0 Å². The Kier molecular flexibility index (Phi) is 7.79. The number of carbonyl (C=O) groups is 2. The van der Waals surface area contributed by atoms with Gasteiger partial charge in [-0.05, 0) is 47.5 Å². The highest BCUT2D eigenvalue weighted by Gasteiger charge is 2.06. The maximum absolute atomic E-state index is 12.1. The van der Waals surface area contributed by atoms with E-state index in [0.29, 0.717) is 22.9 Å². The number of hydrogen-bond acceptors (Lipinski definition) is 5. The number of carbonyl (C=O) groups excluding carboxylic acids is 2. The topological polar surface area (TPSA) is 77.0 Å². The van der Waals surface area contributed by atoms with E-state index in [0.717, 1.165) is 16.7 Å². The molecular formula is C24H21ClN2O4. The van der Waals surface area contributed by atoms with E-state index in [2.05, 4.69) is 10.5 Å². The molecule has 7 heteroatoms. The summed E-state index contributed by atoms with van der Waals surface area (Å²) in [7, 11) is 1.35. The van der Waals surface area contributed by atoms with E-state index in [4.69, 9.17) is 21.1 Å². The van der Waals surface area contributed by atoms with Crippen molar-refractivity contribution in [2.75, 3.05) is 7.11 Å². The Hall–Kier alpha value is -3.64. The smallest absolute Gasteiger partial charge is 0.337 e. The molecule has 3 rings (SSSR count). The third-order valence-electron chi connectivity index (χ3n) is 4.36. The summed E-state index contributed by atoms with van der Waals surface area (Å²) in [6, 6.07) is 21.4. The van der Waals surface area contributed by atoms with E-state index in [1.54, 1.807) is 48.5 Å². The van der Waals surface area contributed by atoms with Crippen molar-refractivity contribution in [1.29, 1.82) is 0 Å². The highest BCUT2D eigenvalue weighted by Crippen LogP contribution is 2.18. The number of halogens is 1. The second-order valence-corrected chi connectivity index (χ2v) is 7.05. The number of ether oxygens (including phenoxy) is 2. The Morgan fingerprint density at radius 2 is 1.65 bits per heavy atom. The third kappa shape index (κ3) is 6.69. The Morgan fingerprint density at radius 1 is 0.968 bits per heavy atom. The first-order valence-electron chi connectivity index (χ1n) is 9.50. The highest BCUT2D eigenvalue weighted by molar-refractivity contribution is 6.30. The second kappa shape index (κ2) is 10.9. The number of nitrogens with one attached hydrogen (secondary N) is 1. The normalized spacial score (nSPS) is 10.6. The first kappa shape index (κ1) is 22.1. The zero-order valence-corrected chi connectivity index (χ0v) is 17.6. The van der Waals surface area contributed by atoms with Crippen LogP contribution in [0.2, 0.25) is 5.02 Å². The number of nitrogens with zero attached hydrogens (tertiary/aromatic N) is 1. The SMILES string of the molecule is COC(=O)c1ccc(COc2ccccc2/C=N\NC(=O)Cc2ccc(Cl)cc2)cc1. The number of hydrogen-bond donors (Lipinski definition) is 1. The fourth-order valence-electron chi connectivity index (χ4n) is 2.74. The minimum absolute atomic E-state index is 0.203. The standard InChI is InChI=1S/C24H21ClN2O4/c1-30-24(29)19-10-6-18(7-11-19)16-31-22-5-3-2-4-20(22)15-26-27-23(28)14-17-8-12-21(25)13-9-17/h2-13,15H,14,16H2,1H3,(H,27,28)/b26-15-. The summed E-state index contributed by atoms with van der Waals surface area (Å²) in [6.45, 7) is 0.315. The molecular weight excluding hydrogens is 416 g/mol. The molecule has 158 valence electrons. The van der Waals surface area contributed by atoms with Crippen molar-refractivity contribution in [1.82, 2.24) is 5.43 Å². The summed E-state index contributed by atoms with van der Waals surface area (Å²) in [5, 5.41) is 4.65. The van der Waals surface area contributed by atoms with E-state index >= 15 is 0 Å². The van der Waals surface area contributed by atoms with Crippen molar-refractivity contribution in [3.63, 3.8) is 0 Å². The number of para-hydroxylation sites is 1. The summed E-state index contributed by atoms with van der Waals surface area (Å²) in [4.78, 5) is 23.6. The minimum atomic E-state index is -0.382. The predicted molar refractivity (Wildman–Crippen MR) is 119 cm³/mol. The van der Waals surface area contributed by atoms with Gasteiger partial charge in [0, 0.05) is 10.6 Å². The van der Waals surface area contributed by atoms with Gasteiger partial charge in [-0.1, -0.05) is 48.0 Å². The first-order valence-corrected chi connectivity index (χ1v) is 9.88.